The largest absolute Gasteiger partial charge is 0.467 e. The zero-order valence-corrected chi connectivity index (χ0v) is 12.4. The van der Waals surface area contributed by atoms with E-state index >= 15 is 0 Å². The van der Waals surface area contributed by atoms with E-state index < -0.39 is 24.8 Å². The van der Waals surface area contributed by atoms with Crippen molar-refractivity contribution < 1.29 is 32.7 Å². The van der Waals surface area contributed by atoms with Gasteiger partial charge in [-0.1, -0.05) is 13.3 Å². The van der Waals surface area contributed by atoms with Crippen LogP contribution in [0.5, 0.6) is 0 Å². The third-order valence-electron chi connectivity index (χ3n) is 2.45. The highest BCUT2D eigenvalue weighted by atomic mass is 31.2. The minimum Gasteiger partial charge on any atom is -0.467 e. The first-order chi connectivity index (χ1) is 8.83. The molecule has 0 aliphatic heterocycles. The van der Waals surface area contributed by atoms with Crippen molar-refractivity contribution >= 4 is 19.5 Å². The Bertz CT molecular complexity index is 365. The molecule has 0 heterocycles. The van der Waals surface area contributed by atoms with Gasteiger partial charge in [-0.05, 0) is 6.42 Å². The van der Waals surface area contributed by atoms with E-state index in [1.165, 1.54) is 0 Å². The number of hydrogen-bond acceptors (Lipinski definition) is 8. The molecule has 0 spiro atoms. The summed E-state index contributed by atoms with van der Waals surface area (Å²) < 4.78 is 30.7. The number of nitrogens with two attached hydrogens (primary N) is 1. The van der Waals surface area contributed by atoms with Crippen molar-refractivity contribution in [2.45, 2.75) is 25.0 Å². The number of unbranched alkanes of at least 4 members (excludes halogenated alkanes) is 1. The fourth-order valence-corrected chi connectivity index (χ4v) is 2.57. The van der Waals surface area contributed by atoms with Crippen LogP contribution in [0.1, 0.15) is 19.8 Å². The number of rotatable bonds is 8. The standard InChI is InChI=1S/C10H20NO7P/c1-5-6-7-18-9(13)10(11,8(12)15-2)19(14,16-3)17-4/h5-7,11H2,1-4H3. The van der Waals surface area contributed by atoms with E-state index in [4.69, 9.17) is 10.5 Å². The molecule has 0 aromatic heterocycles. The number of methoxy groups -OCH3 is 1. The van der Waals surface area contributed by atoms with E-state index in [0.29, 0.717) is 6.42 Å². The summed E-state index contributed by atoms with van der Waals surface area (Å²) in [6.07, 6.45) is 1.35. The van der Waals surface area contributed by atoms with Gasteiger partial charge in [-0.2, -0.15) is 0 Å². The molecule has 0 fully saturated rings. The Morgan fingerprint density at radius 2 is 1.68 bits per heavy atom. The zero-order chi connectivity index (χ0) is 15.1. The van der Waals surface area contributed by atoms with Crippen LogP contribution in [-0.2, 0) is 32.7 Å². The third-order valence-corrected chi connectivity index (χ3v) is 4.64. The maximum absolute atomic E-state index is 12.3. The number of esters is 2. The van der Waals surface area contributed by atoms with Crippen LogP contribution in [0.3, 0.4) is 0 Å². The number of hydrogen-bond donors (Lipinski definition) is 1. The van der Waals surface area contributed by atoms with Crippen molar-refractivity contribution in [3.05, 3.63) is 0 Å². The second-order valence-corrected chi connectivity index (χ2v) is 6.04. The molecule has 1 atom stereocenters. The van der Waals surface area contributed by atoms with Crippen molar-refractivity contribution in [1.29, 1.82) is 0 Å². The summed E-state index contributed by atoms with van der Waals surface area (Å²) in [5, 5.41) is -2.64. The van der Waals surface area contributed by atoms with Gasteiger partial charge in [-0.15, -0.1) is 0 Å². The van der Waals surface area contributed by atoms with Crippen LogP contribution in [0.2, 0.25) is 0 Å². The second kappa shape index (κ2) is 7.59. The summed E-state index contributed by atoms with van der Waals surface area (Å²) in [7, 11) is -1.24. The Morgan fingerprint density at radius 3 is 2.05 bits per heavy atom. The van der Waals surface area contributed by atoms with Gasteiger partial charge in [0.1, 0.15) is 0 Å². The number of carbonyl (C=O) groups is 2. The summed E-state index contributed by atoms with van der Waals surface area (Å²) in [6, 6.07) is 0. The number of carbonyl (C=O) groups excluding carboxylic acids is 2. The summed E-state index contributed by atoms with van der Waals surface area (Å²) in [4.78, 5) is 23.6. The monoisotopic (exact) mass is 297 g/mol. The topological polar surface area (TPSA) is 114 Å². The molecule has 0 amide bonds. The van der Waals surface area contributed by atoms with E-state index in [9.17, 15) is 14.2 Å². The van der Waals surface area contributed by atoms with Crippen LogP contribution in [0.4, 0.5) is 0 Å². The molecule has 0 bridgehead atoms. The molecule has 2 N–H and O–H groups in total. The summed E-state index contributed by atoms with van der Waals surface area (Å²) in [5.41, 5.74) is 5.62. The highest BCUT2D eigenvalue weighted by molar-refractivity contribution is 7.58. The van der Waals surface area contributed by atoms with E-state index in [2.05, 4.69) is 13.8 Å². The average Bonchev–Trinajstić information content (AvgIpc) is 2.44. The smallest absolute Gasteiger partial charge is 0.373 e. The normalized spacial score (nSPS) is 14.6. The van der Waals surface area contributed by atoms with Crippen molar-refractivity contribution in [3.63, 3.8) is 0 Å². The van der Waals surface area contributed by atoms with Crippen LogP contribution in [0.25, 0.3) is 0 Å². The molecule has 112 valence electrons. The van der Waals surface area contributed by atoms with Crippen LogP contribution < -0.4 is 5.73 Å². The second-order valence-electron chi connectivity index (χ2n) is 3.61. The van der Waals surface area contributed by atoms with Gasteiger partial charge in [0.05, 0.1) is 13.7 Å². The Hall–Kier alpha value is -0.950. The molecule has 1 unspecified atom stereocenters. The highest BCUT2D eigenvalue weighted by Crippen LogP contribution is 2.57. The first-order valence-electron chi connectivity index (χ1n) is 5.60. The molecule has 0 saturated carbocycles. The molecule has 19 heavy (non-hydrogen) atoms. The average molecular weight is 297 g/mol. The SMILES string of the molecule is CCCCOC(=O)C(N)(C(=O)OC)P(=O)(OC)OC. The third kappa shape index (κ3) is 3.54. The lowest BCUT2D eigenvalue weighted by atomic mass is 10.3. The van der Waals surface area contributed by atoms with E-state index in [1.807, 2.05) is 6.92 Å². The van der Waals surface area contributed by atoms with E-state index in [0.717, 1.165) is 27.8 Å². The van der Waals surface area contributed by atoms with Gasteiger partial charge < -0.3 is 18.5 Å². The molecule has 0 aromatic carbocycles. The Morgan fingerprint density at radius 1 is 1.16 bits per heavy atom. The molecule has 0 saturated heterocycles. The van der Waals surface area contributed by atoms with Crippen molar-refractivity contribution in [2.75, 3.05) is 27.9 Å². The summed E-state index contributed by atoms with van der Waals surface area (Å²) in [6.45, 7) is 1.93. The minimum absolute atomic E-state index is 0.0404. The molecule has 8 nitrogen and oxygen atoms in total. The van der Waals surface area contributed by atoms with Crippen molar-refractivity contribution in [3.8, 4) is 0 Å². The fraction of sp³-hybridized carbons (Fsp3) is 0.800. The first-order valence-corrected chi connectivity index (χ1v) is 7.14. The Labute approximate surface area is 112 Å². The minimum atomic E-state index is -4.25. The van der Waals surface area contributed by atoms with E-state index in [-0.39, 0.29) is 6.61 Å². The fourth-order valence-electron chi connectivity index (χ4n) is 1.24. The van der Waals surface area contributed by atoms with Crippen LogP contribution in [0, 0.1) is 0 Å². The predicted octanol–water partition coefficient (Wildman–Crippen LogP) is 0.644. The molecular formula is C10H20NO7P. The lowest BCUT2D eigenvalue weighted by Gasteiger charge is -2.29. The number of ether oxygens (including phenoxy) is 2. The van der Waals surface area contributed by atoms with Gasteiger partial charge in [-0.25, -0.2) is 9.59 Å². The van der Waals surface area contributed by atoms with Gasteiger partial charge in [0.25, 0.3) is 0 Å². The quantitative estimate of drug-likeness (QED) is 0.300. The molecule has 0 rings (SSSR count). The summed E-state index contributed by atoms with van der Waals surface area (Å²) in [5.74, 6) is -2.46. The van der Waals surface area contributed by atoms with Gasteiger partial charge in [0, 0.05) is 14.2 Å². The molecule has 0 radical (unpaired) electrons. The zero-order valence-electron chi connectivity index (χ0n) is 11.5. The van der Waals surface area contributed by atoms with E-state index in [1.54, 1.807) is 0 Å². The molecule has 9 heteroatoms. The van der Waals surface area contributed by atoms with Crippen LogP contribution in [-0.4, -0.2) is 45.2 Å². The Kier molecular flexibility index (Phi) is 7.21. The summed E-state index contributed by atoms with van der Waals surface area (Å²) >= 11 is 0. The van der Waals surface area contributed by atoms with Crippen molar-refractivity contribution in [1.82, 2.24) is 0 Å². The van der Waals surface area contributed by atoms with Crippen LogP contribution in [0.15, 0.2) is 0 Å². The Balaban J connectivity index is 5.36. The molecular weight excluding hydrogens is 277 g/mol. The van der Waals surface area contributed by atoms with Crippen molar-refractivity contribution in [2.24, 2.45) is 5.73 Å². The van der Waals surface area contributed by atoms with Gasteiger partial charge >= 0.3 is 24.8 Å². The molecule has 0 aliphatic carbocycles. The molecule has 0 aromatic rings. The van der Waals surface area contributed by atoms with Gasteiger partial charge in [0.15, 0.2) is 0 Å². The van der Waals surface area contributed by atoms with Gasteiger partial charge in [-0.3, -0.25) is 10.3 Å². The maximum atomic E-state index is 12.3. The maximum Gasteiger partial charge on any atom is 0.373 e. The predicted molar refractivity (Wildman–Crippen MR) is 66.4 cm³/mol. The van der Waals surface area contributed by atoms with Crippen LogP contribution >= 0.6 is 7.60 Å². The highest BCUT2D eigenvalue weighted by Gasteiger charge is 2.62. The van der Waals surface area contributed by atoms with Gasteiger partial charge in [0.2, 0.25) is 0 Å². The lowest BCUT2D eigenvalue weighted by Crippen LogP contribution is -2.56. The molecule has 0 aliphatic rings. The first kappa shape index (κ1) is 18.0. The lowest BCUT2D eigenvalue weighted by molar-refractivity contribution is -0.159.